The zero-order valence-electron chi connectivity index (χ0n) is 10.5. The molecule has 0 saturated heterocycles. The largest absolute Gasteiger partial charge is 0.417 e. The maximum Gasteiger partial charge on any atom is 0.417 e. The fourth-order valence-electron chi connectivity index (χ4n) is 1.70. The molecule has 0 heterocycles. The Morgan fingerprint density at radius 2 is 1.62 bits per heavy atom. The van der Waals surface area contributed by atoms with Crippen molar-refractivity contribution < 1.29 is 13.2 Å². The van der Waals surface area contributed by atoms with Gasteiger partial charge >= 0.3 is 6.18 Å². The third kappa shape index (κ3) is 4.01. The Bertz CT molecular complexity index is 669. The van der Waals surface area contributed by atoms with Gasteiger partial charge in [0.2, 0.25) is 0 Å². The van der Waals surface area contributed by atoms with Crippen LogP contribution in [0.1, 0.15) is 11.1 Å². The SMILES string of the molecule is N=C(N)c1cc(Sc2ccc(Br)cc2)ccc1C(F)(F)F. The molecule has 7 heteroatoms. The Kier molecular flexibility index (Phi) is 4.63. The smallest absolute Gasteiger partial charge is 0.384 e. The van der Waals surface area contributed by atoms with Gasteiger partial charge in [-0.05, 0) is 42.5 Å². The number of halogens is 4. The summed E-state index contributed by atoms with van der Waals surface area (Å²) in [5.41, 5.74) is 4.07. The highest BCUT2D eigenvalue weighted by Crippen LogP contribution is 2.36. The highest BCUT2D eigenvalue weighted by Gasteiger charge is 2.34. The Balaban J connectivity index is 2.36. The number of amidine groups is 1. The number of hydrogen-bond acceptors (Lipinski definition) is 2. The van der Waals surface area contributed by atoms with E-state index in [4.69, 9.17) is 11.1 Å². The van der Waals surface area contributed by atoms with Crippen molar-refractivity contribution >= 4 is 33.5 Å². The van der Waals surface area contributed by atoms with Crippen LogP contribution < -0.4 is 5.73 Å². The molecule has 21 heavy (non-hydrogen) atoms. The van der Waals surface area contributed by atoms with Crippen LogP contribution in [0.15, 0.2) is 56.7 Å². The molecule has 0 atom stereocenters. The van der Waals surface area contributed by atoms with E-state index in [0.717, 1.165) is 15.4 Å². The monoisotopic (exact) mass is 374 g/mol. The molecular weight excluding hydrogens is 365 g/mol. The number of rotatable bonds is 3. The van der Waals surface area contributed by atoms with Gasteiger partial charge < -0.3 is 5.73 Å². The summed E-state index contributed by atoms with van der Waals surface area (Å²) in [6, 6.07) is 11.0. The van der Waals surface area contributed by atoms with Gasteiger partial charge in [-0.2, -0.15) is 13.2 Å². The van der Waals surface area contributed by atoms with Gasteiger partial charge in [0.25, 0.3) is 0 Å². The molecule has 0 spiro atoms. The zero-order chi connectivity index (χ0) is 15.6. The molecule has 2 aromatic carbocycles. The lowest BCUT2D eigenvalue weighted by atomic mass is 10.1. The topological polar surface area (TPSA) is 49.9 Å². The highest BCUT2D eigenvalue weighted by atomic mass is 79.9. The first-order valence-corrected chi connectivity index (χ1v) is 7.37. The summed E-state index contributed by atoms with van der Waals surface area (Å²) in [5, 5.41) is 7.32. The highest BCUT2D eigenvalue weighted by molar-refractivity contribution is 9.10. The lowest BCUT2D eigenvalue weighted by Gasteiger charge is -2.13. The average Bonchev–Trinajstić information content (AvgIpc) is 2.40. The molecule has 0 unspecified atom stereocenters. The minimum absolute atomic E-state index is 0.301. The van der Waals surface area contributed by atoms with E-state index in [2.05, 4.69) is 15.9 Å². The third-order valence-electron chi connectivity index (χ3n) is 2.64. The van der Waals surface area contributed by atoms with Gasteiger partial charge in [0.1, 0.15) is 5.84 Å². The van der Waals surface area contributed by atoms with E-state index in [-0.39, 0.29) is 5.56 Å². The van der Waals surface area contributed by atoms with Gasteiger partial charge in [-0.15, -0.1) is 0 Å². The molecule has 0 aliphatic carbocycles. The number of hydrogen-bond donors (Lipinski definition) is 2. The molecule has 0 bridgehead atoms. The quantitative estimate of drug-likeness (QED) is 0.592. The summed E-state index contributed by atoms with van der Waals surface area (Å²) < 4.78 is 39.5. The van der Waals surface area contributed by atoms with Crippen LogP contribution >= 0.6 is 27.7 Å². The number of alkyl halides is 3. The summed E-state index contributed by atoms with van der Waals surface area (Å²) in [6.07, 6.45) is -4.53. The van der Waals surface area contributed by atoms with E-state index >= 15 is 0 Å². The van der Waals surface area contributed by atoms with Crippen LogP contribution in [0.3, 0.4) is 0 Å². The Labute approximate surface area is 132 Å². The molecule has 2 aromatic rings. The second-order valence-corrected chi connectivity index (χ2v) is 6.24. The van der Waals surface area contributed by atoms with Crippen LogP contribution in [-0.4, -0.2) is 5.84 Å². The summed E-state index contributed by atoms with van der Waals surface area (Å²) in [6.45, 7) is 0. The second-order valence-electron chi connectivity index (χ2n) is 4.17. The Hall–Kier alpha value is -1.47. The fourth-order valence-corrected chi connectivity index (χ4v) is 2.82. The Morgan fingerprint density at radius 1 is 1.05 bits per heavy atom. The van der Waals surface area contributed by atoms with Gasteiger partial charge in [-0.3, -0.25) is 5.41 Å². The van der Waals surface area contributed by atoms with E-state index in [1.165, 1.54) is 23.9 Å². The van der Waals surface area contributed by atoms with Crippen LogP contribution in [0.4, 0.5) is 13.2 Å². The molecule has 0 saturated carbocycles. The molecule has 0 amide bonds. The minimum atomic E-state index is -4.53. The average molecular weight is 375 g/mol. The van der Waals surface area contributed by atoms with E-state index < -0.39 is 17.6 Å². The summed E-state index contributed by atoms with van der Waals surface area (Å²) in [4.78, 5) is 1.47. The summed E-state index contributed by atoms with van der Waals surface area (Å²) >= 11 is 4.62. The Morgan fingerprint density at radius 3 is 2.14 bits per heavy atom. The second kappa shape index (κ2) is 6.11. The minimum Gasteiger partial charge on any atom is -0.384 e. The van der Waals surface area contributed by atoms with Gasteiger partial charge in [-0.1, -0.05) is 27.7 Å². The van der Waals surface area contributed by atoms with E-state index in [0.29, 0.717) is 4.90 Å². The molecule has 2 nitrogen and oxygen atoms in total. The van der Waals surface area contributed by atoms with Crippen LogP contribution in [0.2, 0.25) is 0 Å². The molecule has 3 N–H and O–H groups in total. The summed E-state index contributed by atoms with van der Waals surface area (Å²) in [7, 11) is 0. The first-order valence-electron chi connectivity index (χ1n) is 5.76. The standard InChI is InChI=1S/C14H10BrF3N2S/c15-8-1-3-9(4-2-8)21-10-5-6-12(14(16,17)18)11(7-10)13(19)20/h1-7H,(H3,19,20). The maximum atomic E-state index is 12.8. The van der Waals surface area contributed by atoms with Crippen molar-refractivity contribution in [2.45, 2.75) is 16.0 Å². The molecule has 0 radical (unpaired) electrons. The fraction of sp³-hybridized carbons (Fsp3) is 0.0714. The van der Waals surface area contributed by atoms with Gasteiger partial charge in [-0.25, -0.2) is 0 Å². The number of nitrogen functional groups attached to an aromatic ring is 1. The lowest BCUT2D eigenvalue weighted by molar-refractivity contribution is -0.137. The van der Waals surface area contributed by atoms with Crippen molar-refractivity contribution in [3.63, 3.8) is 0 Å². The molecule has 0 aromatic heterocycles. The van der Waals surface area contributed by atoms with Crippen molar-refractivity contribution in [1.82, 2.24) is 0 Å². The van der Waals surface area contributed by atoms with Crippen molar-refractivity contribution in [3.8, 4) is 0 Å². The van der Waals surface area contributed by atoms with E-state index in [1.54, 1.807) is 0 Å². The van der Waals surface area contributed by atoms with Crippen LogP contribution in [0, 0.1) is 5.41 Å². The molecule has 0 aliphatic rings. The lowest BCUT2D eigenvalue weighted by Crippen LogP contribution is -2.18. The number of benzene rings is 2. The normalized spacial score (nSPS) is 11.4. The molecule has 2 rings (SSSR count). The van der Waals surface area contributed by atoms with Gasteiger partial charge in [0, 0.05) is 19.8 Å². The maximum absolute atomic E-state index is 12.8. The predicted octanol–water partition coefficient (Wildman–Crippen LogP) is 4.90. The first-order chi connectivity index (χ1) is 9.77. The molecule has 110 valence electrons. The number of nitrogens with two attached hydrogens (primary N) is 1. The third-order valence-corrected chi connectivity index (χ3v) is 4.16. The van der Waals surface area contributed by atoms with Gasteiger partial charge in [0.05, 0.1) is 5.56 Å². The van der Waals surface area contributed by atoms with Crippen molar-refractivity contribution in [3.05, 3.63) is 58.1 Å². The number of nitrogens with one attached hydrogen (secondary N) is 1. The molecule has 0 aliphatic heterocycles. The van der Waals surface area contributed by atoms with Gasteiger partial charge in [0.15, 0.2) is 0 Å². The molecular formula is C14H10BrF3N2S. The van der Waals surface area contributed by atoms with E-state index in [1.807, 2.05) is 24.3 Å². The van der Waals surface area contributed by atoms with Crippen molar-refractivity contribution in [1.29, 1.82) is 5.41 Å². The van der Waals surface area contributed by atoms with Crippen molar-refractivity contribution in [2.24, 2.45) is 5.73 Å². The first kappa shape index (κ1) is 15.9. The summed E-state index contributed by atoms with van der Waals surface area (Å²) in [5.74, 6) is -0.597. The van der Waals surface area contributed by atoms with Crippen LogP contribution in [0.25, 0.3) is 0 Å². The van der Waals surface area contributed by atoms with Crippen LogP contribution in [0.5, 0.6) is 0 Å². The van der Waals surface area contributed by atoms with Crippen LogP contribution in [-0.2, 0) is 6.18 Å². The predicted molar refractivity (Wildman–Crippen MR) is 80.7 cm³/mol. The zero-order valence-corrected chi connectivity index (χ0v) is 12.9. The van der Waals surface area contributed by atoms with Crippen molar-refractivity contribution in [2.75, 3.05) is 0 Å². The molecule has 0 fully saturated rings. The van der Waals surface area contributed by atoms with E-state index in [9.17, 15) is 13.2 Å².